The molecule has 1 fully saturated rings. The third-order valence-corrected chi connectivity index (χ3v) is 3.60. The summed E-state index contributed by atoms with van der Waals surface area (Å²) in [5, 5.41) is 9.16. The van der Waals surface area contributed by atoms with E-state index < -0.39 is 0 Å². The molecule has 0 aliphatic heterocycles. The van der Waals surface area contributed by atoms with Crippen LogP contribution >= 0.6 is 0 Å². The van der Waals surface area contributed by atoms with Crippen LogP contribution in [0.3, 0.4) is 0 Å². The molecular formula is C11H23NO2. The van der Waals surface area contributed by atoms with Gasteiger partial charge in [-0.05, 0) is 39.0 Å². The van der Waals surface area contributed by atoms with Crippen LogP contribution in [0.4, 0.5) is 0 Å². The van der Waals surface area contributed by atoms with E-state index in [1.165, 1.54) is 12.8 Å². The molecule has 1 saturated carbocycles. The van der Waals surface area contributed by atoms with Gasteiger partial charge < -0.3 is 15.6 Å². The lowest BCUT2D eigenvalue weighted by Crippen LogP contribution is -2.55. The smallest absolute Gasteiger partial charge is 0.0539 e. The predicted molar refractivity (Wildman–Crippen MR) is 57.0 cm³/mol. The van der Waals surface area contributed by atoms with Crippen molar-refractivity contribution in [1.82, 2.24) is 0 Å². The Morgan fingerprint density at radius 2 is 2.00 bits per heavy atom. The standard InChI is InChI=1S/C11H23NO2/c1-10(2,12)11(6-7-13,8-14-3)9-4-5-9/h9,13H,4-8,12H2,1-3H3. The zero-order valence-corrected chi connectivity index (χ0v) is 9.55. The van der Waals surface area contributed by atoms with Crippen molar-refractivity contribution in [3.63, 3.8) is 0 Å². The van der Waals surface area contributed by atoms with Crippen LogP contribution < -0.4 is 5.73 Å². The van der Waals surface area contributed by atoms with Crippen LogP contribution in [-0.4, -0.2) is 31.0 Å². The van der Waals surface area contributed by atoms with Crippen molar-refractivity contribution in [2.24, 2.45) is 17.1 Å². The second-order valence-electron chi connectivity index (χ2n) is 5.06. The second kappa shape index (κ2) is 4.17. The molecule has 1 atom stereocenters. The van der Waals surface area contributed by atoms with Gasteiger partial charge in [0.15, 0.2) is 0 Å². The fourth-order valence-corrected chi connectivity index (χ4v) is 2.52. The number of ether oxygens (including phenoxy) is 1. The largest absolute Gasteiger partial charge is 0.396 e. The van der Waals surface area contributed by atoms with E-state index in [-0.39, 0.29) is 17.6 Å². The molecule has 0 bridgehead atoms. The van der Waals surface area contributed by atoms with Gasteiger partial charge in [-0.1, -0.05) is 0 Å². The highest BCUT2D eigenvalue weighted by atomic mass is 16.5. The summed E-state index contributed by atoms with van der Waals surface area (Å²) in [5.74, 6) is 0.634. The normalized spacial score (nSPS) is 22.1. The summed E-state index contributed by atoms with van der Waals surface area (Å²) < 4.78 is 5.30. The molecule has 3 N–H and O–H groups in total. The summed E-state index contributed by atoms with van der Waals surface area (Å²) in [4.78, 5) is 0. The molecule has 84 valence electrons. The Bertz CT molecular complexity index is 176. The number of hydrogen-bond donors (Lipinski definition) is 2. The highest BCUT2D eigenvalue weighted by Crippen LogP contribution is 2.52. The summed E-state index contributed by atoms with van der Waals surface area (Å²) in [6.07, 6.45) is 3.20. The lowest BCUT2D eigenvalue weighted by atomic mass is 9.66. The van der Waals surface area contributed by atoms with Gasteiger partial charge >= 0.3 is 0 Å². The minimum atomic E-state index is -0.285. The van der Waals surface area contributed by atoms with Crippen LogP contribution in [-0.2, 0) is 4.74 Å². The highest BCUT2D eigenvalue weighted by Gasteiger charge is 2.52. The molecule has 1 aliphatic rings. The van der Waals surface area contributed by atoms with E-state index in [1.54, 1.807) is 7.11 Å². The summed E-state index contributed by atoms with van der Waals surface area (Å²) in [7, 11) is 1.71. The number of aliphatic hydroxyl groups excluding tert-OH is 1. The average molecular weight is 201 g/mol. The van der Waals surface area contributed by atoms with E-state index in [0.29, 0.717) is 12.5 Å². The third kappa shape index (κ3) is 2.10. The maximum atomic E-state index is 9.16. The molecule has 0 radical (unpaired) electrons. The molecule has 0 spiro atoms. The SMILES string of the molecule is COCC(CCO)(C1CC1)C(C)(C)N. The molecule has 3 nitrogen and oxygen atoms in total. The Kier molecular flexibility index (Phi) is 3.56. The first kappa shape index (κ1) is 12.0. The van der Waals surface area contributed by atoms with E-state index in [2.05, 4.69) is 0 Å². The maximum absolute atomic E-state index is 9.16. The lowest BCUT2D eigenvalue weighted by molar-refractivity contribution is -0.00973. The molecule has 0 amide bonds. The van der Waals surface area contributed by atoms with Gasteiger partial charge in [0.05, 0.1) is 6.61 Å². The van der Waals surface area contributed by atoms with Crippen molar-refractivity contribution < 1.29 is 9.84 Å². The predicted octanol–water partition coefficient (Wildman–Crippen LogP) is 1.15. The van der Waals surface area contributed by atoms with E-state index in [0.717, 1.165) is 6.42 Å². The molecule has 1 rings (SSSR count). The Hall–Kier alpha value is -0.120. The van der Waals surface area contributed by atoms with Gasteiger partial charge in [0.25, 0.3) is 0 Å². The number of aliphatic hydroxyl groups is 1. The lowest BCUT2D eigenvalue weighted by Gasteiger charge is -2.44. The fraction of sp³-hybridized carbons (Fsp3) is 1.00. The van der Waals surface area contributed by atoms with Crippen LogP contribution in [0.2, 0.25) is 0 Å². The Morgan fingerprint density at radius 3 is 2.29 bits per heavy atom. The molecule has 0 saturated heterocycles. The van der Waals surface area contributed by atoms with Gasteiger partial charge in [-0.3, -0.25) is 0 Å². The van der Waals surface area contributed by atoms with Crippen LogP contribution in [0.1, 0.15) is 33.1 Å². The molecule has 1 aliphatic carbocycles. The van der Waals surface area contributed by atoms with E-state index in [1.807, 2.05) is 13.8 Å². The first-order chi connectivity index (χ1) is 6.48. The highest BCUT2D eigenvalue weighted by molar-refractivity contribution is 5.05. The first-order valence-electron chi connectivity index (χ1n) is 5.36. The molecule has 14 heavy (non-hydrogen) atoms. The first-order valence-corrected chi connectivity index (χ1v) is 5.36. The minimum absolute atomic E-state index is 0.0451. The average Bonchev–Trinajstić information content (AvgIpc) is 2.84. The quantitative estimate of drug-likeness (QED) is 0.678. The molecule has 1 unspecified atom stereocenters. The van der Waals surface area contributed by atoms with E-state index in [4.69, 9.17) is 15.6 Å². The third-order valence-electron chi connectivity index (χ3n) is 3.60. The second-order valence-corrected chi connectivity index (χ2v) is 5.06. The van der Waals surface area contributed by atoms with Crippen molar-refractivity contribution in [1.29, 1.82) is 0 Å². The van der Waals surface area contributed by atoms with Gasteiger partial charge in [0.2, 0.25) is 0 Å². The Morgan fingerprint density at radius 1 is 1.43 bits per heavy atom. The summed E-state index contributed by atoms with van der Waals surface area (Å²) in [5.41, 5.74) is 5.91. The van der Waals surface area contributed by atoms with Gasteiger partial charge in [0, 0.05) is 24.7 Å². The number of methoxy groups -OCH3 is 1. The topological polar surface area (TPSA) is 55.5 Å². The monoisotopic (exact) mass is 201 g/mol. The van der Waals surface area contributed by atoms with E-state index >= 15 is 0 Å². The summed E-state index contributed by atoms with van der Waals surface area (Å²) in [6.45, 7) is 4.93. The fourth-order valence-electron chi connectivity index (χ4n) is 2.52. The number of hydrogen-bond acceptors (Lipinski definition) is 3. The van der Waals surface area contributed by atoms with Gasteiger partial charge in [-0.15, -0.1) is 0 Å². The number of nitrogens with two attached hydrogens (primary N) is 1. The van der Waals surface area contributed by atoms with Gasteiger partial charge in [-0.25, -0.2) is 0 Å². The van der Waals surface area contributed by atoms with Crippen LogP contribution in [0.15, 0.2) is 0 Å². The van der Waals surface area contributed by atoms with Crippen LogP contribution in [0.5, 0.6) is 0 Å². The summed E-state index contributed by atoms with van der Waals surface area (Å²) in [6, 6.07) is 0. The van der Waals surface area contributed by atoms with Crippen molar-refractivity contribution in [3.05, 3.63) is 0 Å². The molecule has 3 heteroatoms. The zero-order valence-electron chi connectivity index (χ0n) is 9.55. The number of rotatable bonds is 6. The van der Waals surface area contributed by atoms with Crippen molar-refractivity contribution >= 4 is 0 Å². The van der Waals surface area contributed by atoms with Crippen molar-refractivity contribution in [3.8, 4) is 0 Å². The van der Waals surface area contributed by atoms with Gasteiger partial charge in [0.1, 0.15) is 0 Å². The van der Waals surface area contributed by atoms with Crippen LogP contribution in [0, 0.1) is 11.3 Å². The minimum Gasteiger partial charge on any atom is -0.396 e. The van der Waals surface area contributed by atoms with Crippen LogP contribution in [0.25, 0.3) is 0 Å². The van der Waals surface area contributed by atoms with Crippen molar-refractivity contribution in [2.45, 2.75) is 38.6 Å². The zero-order chi connectivity index (χ0) is 10.8. The molecule has 0 aromatic carbocycles. The Balaban J connectivity index is 2.83. The molecule has 0 aromatic rings. The van der Waals surface area contributed by atoms with E-state index in [9.17, 15) is 0 Å². The molecular weight excluding hydrogens is 178 g/mol. The maximum Gasteiger partial charge on any atom is 0.0539 e. The Labute approximate surface area is 86.6 Å². The molecule has 0 aromatic heterocycles. The summed E-state index contributed by atoms with van der Waals surface area (Å²) >= 11 is 0. The van der Waals surface area contributed by atoms with Gasteiger partial charge in [-0.2, -0.15) is 0 Å². The molecule has 0 heterocycles. The van der Waals surface area contributed by atoms with Crippen molar-refractivity contribution in [2.75, 3.05) is 20.3 Å².